The number of nitrogens with zero attached hydrogens (tertiary/aromatic N) is 4. The van der Waals surface area contributed by atoms with Crippen LogP contribution in [0.2, 0.25) is 0 Å². The topological polar surface area (TPSA) is 56.3 Å². The van der Waals surface area contributed by atoms with Crippen LogP contribution < -0.4 is 15.5 Å². The predicted molar refractivity (Wildman–Crippen MR) is 78.9 cm³/mol. The summed E-state index contributed by atoms with van der Waals surface area (Å²) in [5.74, 6) is 1.71. The minimum atomic E-state index is 0.495. The highest BCUT2D eigenvalue weighted by atomic mass is 15.3. The van der Waals surface area contributed by atoms with Gasteiger partial charge in [-0.1, -0.05) is 0 Å². The summed E-state index contributed by atoms with van der Waals surface area (Å²) in [7, 11) is 6.18. The summed E-state index contributed by atoms with van der Waals surface area (Å²) >= 11 is 0. The van der Waals surface area contributed by atoms with Crippen LogP contribution in [-0.4, -0.2) is 68.2 Å². The summed E-state index contributed by atoms with van der Waals surface area (Å²) in [6.07, 6.45) is 0. The molecule has 2 heterocycles. The lowest BCUT2D eigenvalue weighted by Crippen LogP contribution is -2.51. The number of aryl methyl sites for hydroxylation is 1. The van der Waals surface area contributed by atoms with Gasteiger partial charge >= 0.3 is 0 Å². The van der Waals surface area contributed by atoms with Gasteiger partial charge in [0.2, 0.25) is 5.95 Å². The van der Waals surface area contributed by atoms with Gasteiger partial charge in [0.05, 0.1) is 6.04 Å². The number of hydrogen-bond donors (Lipinski definition) is 2. The van der Waals surface area contributed by atoms with E-state index in [0.717, 1.165) is 43.6 Å². The molecule has 2 N–H and O–H groups in total. The van der Waals surface area contributed by atoms with Crippen LogP contribution in [0.3, 0.4) is 0 Å². The van der Waals surface area contributed by atoms with Crippen LogP contribution in [0.15, 0.2) is 6.07 Å². The van der Waals surface area contributed by atoms with Gasteiger partial charge < -0.3 is 20.4 Å². The molecule has 1 aliphatic rings. The van der Waals surface area contributed by atoms with E-state index in [0.29, 0.717) is 6.04 Å². The third kappa shape index (κ3) is 4.04. The Morgan fingerprint density at radius 2 is 2.00 bits per heavy atom. The standard InChI is InChI=1S/C13H24N6/c1-10-7-12(16-11-8-14-9-11)17-13(15-10)19(4)6-5-18(2)3/h7,11,14H,5-6,8-9H2,1-4H3,(H,15,16,17). The fraction of sp³-hybridized carbons (Fsp3) is 0.692. The number of likely N-dealkylation sites (N-methyl/N-ethyl adjacent to an activating group) is 2. The zero-order valence-corrected chi connectivity index (χ0v) is 12.3. The molecule has 19 heavy (non-hydrogen) atoms. The van der Waals surface area contributed by atoms with Gasteiger partial charge in [-0.3, -0.25) is 0 Å². The first-order valence-corrected chi connectivity index (χ1v) is 6.73. The van der Waals surface area contributed by atoms with E-state index in [1.807, 2.05) is 20.0 Å². The van der Waals surface area contributed by atoms with Crippen molar-refractivity contribution in [2.45, 2.75) is 13.0 Å². The number of hydrogen-bond acceptors (Lipinski definition) is 6. The third-order valence-corrected chi connectivity index (χ3v) is 3.20. The van der Waals surface area contributed by atoms with Gasteiger partial charge in [-0.05, 0) is 21.0 Å². The average molecular weight is 264 g/mol. The number of nitrogens with one attached hydrogen (secondary N) is 2. The maximum absolute atomic E-state index is 4.59. The largest absolute Gasteiger partial charge is 0.365 e. The number of rotatable bonds is 6. The minimum absolute atomic E-state index is 0.495. The Labute approximate surface area is 115 Å². The molecule has 1 aromatic heterocycles. The van der Waals surface area contributed by atoms with Crippen LogP contribution >= 0.6 is 0 Å². The first-order chi connectivity index (χ1) is 9.04. The molecule has 1 saturated heterocycles. The van der Waals surface area contributed by atoms with E-state index in [2.05, 4.69) is 44.5 Å². The van der Waals surface area contributed by atoms with Crippen molar-refractivity contribution >= 4 is 11.8 Å². The second-order valence-electron chi connectivity index (χ2n) is 5.42. The van der Waals surface area contributed by atoms with Crippen LogP contribution in [0.25, 0.3) is 0 Å². The Hall–Kier alpha value is -1.40. The smallest absolute Gasteiger partial charge is 0.227 e. The highest BCUT2D eigenvalue weighted by Crippen LogP contribution is 2.14. The van der Waals surface area contributed by atoms with Crippen LogP contribution in [0, 0.1) is 6.92 Å². The first-order valence-electron chi connectivity index (χ1n) is 6.73. The monoisotopic (exact) mass is 264 g/mol. The zero-order chi connectivity index (χ0) is 13.8. The summed E-state index contributed by atoms with van der Waals surface area (Å²) in [5.41, 5.74) is 0.997. The van der Waals surface area contributed by atoms with Gasteiger partial charge in [0.25, 0.3) is 0 Å². The SMILES string of the molecule is Cc1cc(NC2CNC2)nc(N(C)CCN(C)C)n1. The Kier molecular flexibility index (Phi) is 4.55. The quantitative estimate of drug-likeness (QED) is 0.764. The molecule has 1 aromatic rings. The predicted octanol–water partition coefficient (Wildman–Crippen LogP) is 0.167. The summed E-state index contributed by atoms with van der Waals surface area (Å²) in [5, 5.41) is 6.67. The third-order valence-electron chi connectivity index (χ3n) is 3.20. The molecule has 6 nitrogen and oxygen atoms in total. The molecule has 0 aromatic carbocycles. The van der Waals surface area contributed by atoms with Gasteiger partial charge in [-0.2, -0.15) is 4.98 Å². The van der Waals surface area contributed by atoms with Crippen LogP contribution in [0.5, 0.6) is 0 Å². The summed E-state index contributed by atoms with van der Waals surface area (Å²) in [6, 6.07) is 2.50. The van der Waals surface area contributed by atoms with Crippen molar-refractivity contribution in [3.05, 3.63) is 11.8 Å². The molecule has 106 valence electrons. The lowest BCUT2D eigenvalue weighted by molar-refractivity contribution is 0.415. The molecule has 2 rings (SSSR count). The van der Waals surface area contributed by atoms with Crippen molar-refractivity contribution in [2.24, 2.45) is 0 Å². The van der Waals surface area contributed by atoms with Crippen molar-refractivity contribution in [3.63, 3.8) is 0 Å². The molecule has 0 saturated carbocycles. The molecule has 1 aliphatic heterocycles. The Morgan fingerprint density at radius 1 is 1.26 bits per heavy atom. The van der Waals surface area contributed by atoms with Crippen LogP contribution in [0.1, 0.15) is 5.69 Å². The molecule has 0 amide bonds. The molecule has 1 fully saturated rings. The number of aromatic nitrogens is 2. The van der Waals surface area contributed by atoms with Crippen LogP contribution in [0.4, 0.5) is 11.8 Å². The Balaban J connectivity index is 2.02. The number of anilines is 2. The molecular weight excluding hydrogens is 240 g/mol. The minimum Gasteiger partial charge on any atom is -0.365 e. The first kappa shape index (κ1) is 14.0. The van der Waals surface area contributed by atoms with E-state index in [1.165, 1.54) is 0 Å². The van der Waals surface area contributed by atoms with E-state index >= 15 is 0 Å². The van der Waals surface area contributed by atoms with E-state index in [-0.39, 0.29) is 0 Å². The van der Waals surface area contributed by atoms with Crippen molar-refractivity contribution in [1.29, 1.82) is 0 Å². The van der Waals surface area contributed by atoms with E-state index in [9.17, 15) is 0 Å². The maximum Gasteiger partial charge on any atom is 0.227 e. The molecule has 0 radical (unpaired) electrons. The second-order valence-corrected chi connectivity index (χ2v) is 5.42. The second kappa shape index (κ2) is 6.16. The highest BCUT2D eigenvalue weighted by molar-refractivity contribution is 5.44. The van der Waals surface area contributed by atoms with E-state index < -0.39 is 0 Å². The van der Waals surface area contributed by atoms with E-state index in [4.69, 9.17) is 0 Å². The maximum atomic E-state index is 4.59. The summed E-state index contributed by atoms with van der Waals surface area (Å²) in [6.45, 7) is 5.93. The van der Waals surface area contributed by atoms with Crippen molar-refractivity contribution in [3.8, 4) is 0 Å². The van der Waals surface area contributed by atoms with Gasteiger partial charge in [-0.15, -0.1) is 0 Å². The molecule has 0 aliphatic carbocycles. The molecule has 0 bridgehead atoms. The normalized spacial score (nSPS) is 15.4. The van der Waals surface area contributed by atoms with Crippen molar-refractivity contribution in [2.75, 3.05) is 57.5 Å². The molecule has 0 unspecified atom stereocenters. The average Bonchev–Trinajstić information content (AvgIpc) is 2.30. The highest BCUT2D eigenvalue weighted by Gasteiger charge is 2.17. The lowest BCUT2D eigenvalue weighted by Gasteiger charge is -2.29. The molecule has 6 heteroatoms. The molecular formula is C13H24N6. The van der Waals surface area contributed by atoms with E-state index in [1.54, 1.807) is 0 Å². The fourth-order valence-corrected chi connectivity index (χ4v) is 1.85. The summed E-state index contributed by atoms with van der Waals surface area (Å²) in [4.78, 5) is 13.3. The van der Waals surface area contributed by atoms with Gasteiger partial charge in [-0.25, -0.2) is 4.98 Å². The summed E-state index contributed by atoms with van der Waals surface area (Å²) < 4.78 is 0. The lowest BCUT2D eigenvalue weighted by atomic mass is 10.2. The fourth-order valence-electron chi connectivity index (χ4n) is 1.85. The molecule has 0 spiro atoms. The van der Waals surface area contributed by atoms with Gasteiger partial charge in [0, 0.05) is 45.0 Å². The van der Waals surface area contributed by atoms with Gasteiger partial charge in [0.15, 0.2) is 0 Å². The Bertz CT molecular complexity index is 416. The van der Waals surface area contributed by atoms with Crippen LogP contribution in [-0.2, 0) is 0 Å². The van der Waals surface area contributed by atoms with Crippen molar-refractivity contribution in [1.82, 2.24) is 20.2 Å². The zero-order valence-electron chi connectivity index (χ0n) is 12.3. The van der Waals surface area contributed by atoms with Crippen molar-refractivity contribution < 1.29 is 0 Å². The molecule has 0 atom stereocenters. The van der Waals surface area contributed by atoms with Gasteiger partial charge in [0.1, 0.15) is 5.82 Å². The Morgan fingerprint density at radius 3 is 2.58 bits per heavy atom.